The first-order chi connectivity index (χ1) is 3.06. The molecule has 0 bridgehead atoms. The third-order valence-corrected chi connectivity index (χ3v) is 0.977. The number of sulfone groups is 1. The van der Waals surface area contributed by atoms with Crippen molar-refractivity contribution in [3.8, 4) is 0 Å². The molecule has 0 aliphatic carbocycles. The summed E-state index contributed by atoms with van der Waals surface area (Å²) in [6.45, 7) is 3.02. The standard InChI is InChI=1S/C3H7NO2S/c1-4-3-7(2,5)6/h1,3H2,2H3. The predicted octanol–water partition coefficient (Wildman–Crippen LogP) is -0.311. The van der Waals surface area contributed by atoms with E-state index in [0.717, 1.165) is 6.26 Å². The summed E-state index contributed by atoms with van der Waals surface area (Å²) in [5.41, 5.74) is 0. The Balaban J connectivity index is 3.84. The van der Waals surface area contributed by atoms with E-state index in [0.29, 0.717) is 0 Å². The van der Waals surface area contributed by atoms with E-state index in [1.54, 1.807) is 0 Å². The highest BCUT2D eigenvalue weighted by Crippen LogP contribution is 1.78. The summed E-state index contributed by atoms with van der Waals surface area (Å²) in [5.74, 6) is -0.174. The molecule has 0 saturated heterocycles. The molecule has 0 N–H and O–H groups in total. The number of nitrogens with zero attached hydrogens (tertiary/aromatic N) is 1. The van der Waals surface area contributed by atoms with E-state index in [9.17, 15) is 8.42 Å². The van der Waals surface area contributed by atoms with E-state index in [4.69, 9.17) is 0 Å². The number of hydrogen-bond acceptors (Lipinski definition) is 3. The average Bonchev–Trinajstić information content (AvgIpc) is 1.30. The minimum Gasteiger partial charge on any atom is -0.285 e. The SMILES string of the molecule is C=NCS(C)(=O)=O. The Labute approximate surface area is 43.0 Å². The van der Waals surface area contributed by atoms with Gasteiger partial charge in [-0.3, -0.25) is 4.99 Å². The highest BCUT2D eigenvalue weighted by Gasteiger charge is 1.94. The molecule has 0 aromatic rings. The van der Waals surface area contributed by atoms with Gasteiger partial charge in [0.1, 0.15) is 5.88 Å². The highest BCUT2D eigenvalue weighted by atomic mass is 32.2. The zero-order valence-electron chi connectivity index (χ0n) is 4.09. The van der Waals surface area contributed by atoms with Crippen LogP contribution in [0.3, 0.4) is 0 Å². The summed E-state index contributed by atoms with van der Waals surface area (Å²) in [6.07, 6.45) is 1.11. The van der Waals surface area contributed by atoms with Crippen molar-refractivity contribution in [1.82, 2.24) is 0 Å². The molecule has 0 saturated carbocycles. The normalized spacial score (nSPS) is 11.0. The van der Waals surface area contributed by atoms with Gasteiger partial charge in [-0.15, -0.1) is 0 Å². The lowest BCUT2D eigenvalue weighted by molar-refractivity contribution is 0.602. The summed E-state index contributed by atoms with van der Waals surface area (Å²) in [4.78, 5) is 3.17. The van der Waals surface area contributed by atoms with Crippen molar-refractivity contribution in [1.29, 1.82) is 0 Å². The van der Waals surface area contributed by atoms with Crippen LogP contribution in [0.1, 0.15) is 0 Å². The van der Waals surface area contributed by atoms with Crippen LogP contribution in [-0.4, -0.2) is 27.3 Å². The number of aliphatic imine (C=N–C) groups is 1. The molecule has 0 spiro atoms. The molecular weight excluding hydrogens is 114 g/mol. The topological polar surface area (TPSA) is 46.5 Å². The molecular formula is C3H7NO2S. The highest BCUT2D eigenvalue weighted by molar-refractivity contribution is 7.90. The van der Waals surface area contributed by atoms with Crippen LogP contribution >= 0.6 is 0 Å². The number of hydrogen-bond donors (Lipinski definition) is 0. The smallest absolute Gasteiger partial charge is 0.167 e. The Morgan fingerprint density at radius 3 is 2.14 bits per heavy atom. The first-order valence-electron chi connectivity index (χ1n) is 1.66. The Bertz CT molecular complexity index is 146. The van der Waals surface area contributed by atoms with Crippen molar-refractivity contribution in [2.75, 3.05) is 12.1 Å². The minimum absolute atomic E-state index is 0.174. The third kappa shape index (κ3) is 5.62. The maximum absolute atomic E-state index is 10.1. The Hall–Kier alpha value is -0.380. The van der Waals surface area contributed by atoms with Gasteiger partial charge in [0, 0.05) is 6.26 Å². The van der Waals surface area contributed by atoms with Crippen LogP contribution in [0.25, 0.3) is 0 Å². The summed E-state index contributed by atoms with van der Waals surface area (Å²) in [6, 6.07) is 0. The molecule has 7 heavy (non-hydrogen) atoms. The van der Waals surface area contributed by atoms with E-state index in [1.165, 1.54) is 0 Å². The molecule has 0 rings (SSSR count). The molecule has 0 atom stereocenters. The van der Waals surface area contributed by atoms with Gasteiger partial charge in [0.15, 0.2) is 9.84 Å². The van der Waals surface area contributed by atoms with Crippen LogP contribution in [0.4, 0.5) is 0 Å². The molecule has 0 heterocycles. The summed E-state index contributed by atoms with van der Waals surface area (Å²) < 4.78 is 20.2. The lowest BCUT2D eigenvalue weighted by atomic mass is 11.4. The van der Waals surface area contributed by atoms with Crippen LogP contribution in [-0.2, 0) is 9.84 Å². The van der Waals surface area contributed by atoms with Gasteiger partial charge in [0.05, 0.1) is 0 Å². The maximum atomic E-state index is 10.1. The second-order valence-corrected chi connectivity index (χ2v) is 3.39. The molecule has 0 amide bonds. The van der Waals surface area contributed by atoms with E-state index >= 15 is 0 Å². The second kappa shape index (κ2) is 2.07. The van der Waals surface area contributed by atoms with Gasteiger partial charge in [-0.05, 0) is 6.72 Å². The molecule has 0 aliphatic rings. The van der Waals surface area contributed by atoms with Crippen molar-refractivity contribution in [3.05, 3.63) is 0 Å². The summed E-state index contributed by atoms with van der Waals surface area (Å²) in [5, 5.41) is 0. The van der Waals surface area contributed by atoms with Crippen molar-refractivity contribution in [2.45, 2.75) is 0 Å². The molecule has 0 aromatic carbocycles. The van der Waals surface area contributed by atoms with E-state index < -0.39 is 9.84 Å². The first kappa shape index (κ1) is 6.62. The van der Waals surface area contributed by atoms with Gasteiger partial charge in [0.25, 0.3) is 0 Å². The van der Waals surface area contributed by atoms with Crippen molar-refractivity contribution >= 4 is 16.6 Å². The Morgan fingerprint density at radius 2 is 2.14 bits per heavy atom. The number of rotatable bonds is 2. The molecule has 0 unspecified atom stereocenters. The lowest BCUT2D eigenvalue weighted by Crippen LogP contribution is -1.98. The minimum atomic E-state index is -2.90. The van der Waals surface area contributed by atoms with Gasteiger partial charge in [-0.25, -0.2) is 8.42 Å². The van der Waals surface area contributed by atoms with Crippen LogP contribution in [0.2, 0.25) is 0 Å². The molecule has 0 aliphatic heterocycles. The molecule has 4 heteroatoms. The van der Waals surface area contributed by atoms with Crippen LogP contribution in [0.5, 0.6) is 0 Å². The monoisotopic (exact) mass is 121 g/mol. The van der Waals surface area contributed by atoms with E-state index in [2.05, 4.69) is 11.7 Å². The van der Waals surface area contributed by atoms with Crippen LogP contribution < -0.4 is 0 Å². The van der Waals surface area contributed by atoms with Gasteiger partial charge in [-0.2, -0.15) is 0 Å². The van der Waals surface area contributed by atoms with Gasteiger partial charge in [-0.1, -0.05) is 0 Å². The maximum Gasteiger partial charge on any atom is 0.167 e. The molecule has 42 valence electrons. The van der Waals surface area contributed by atoms with Crippen molar-refractivity contribution < 1.29 is 8.42 Å². The van der Waals surface area contributed by atoms with E-state index in [1.807, 2.05) is 0 Å². The Kier molecular flexibility index (Phi) is 1.95. The summed E-state index contributed by atoms with van der Waals surface area (Å²) >= 11 is 0. The average molecular weight is 121 g/mol. The fraction of sp³-hybridized carbons (Fsp3) is 0.667. The molecule has 0 aromatic heterocycles. The van der Waals surface area contributed by atoms with Gasteiger partial charge < -0.3 is 0 Å². The second-order valence-electron chi connectivity index (χ2n) is 1.28. The zero-order chi connectivity index (χ0) is 5.91. The largest absolute Gasteiger partial charge is 0.285 e. The van der Waals surface area contributed by atoms with Crippen molar-refractivity contribution in [3.63, 3.8) is 0 Å². The predicted molar refractivity (Wildman–Crippen MR) is 29.3 cm³/mol. The van der Waals surface area contributed by atoms with Gasteiger partial charge >= 0.3 is 0 Å². The molecule has 3 nitrogen and oxygen atoms in total. The Morgan fingerprint density at radius 1 is 1.71 bits per heavy atom. The summed E-state index contributed by atoms with van der Waals surface area (Å²) in [7, 11) is -2.90. The van der Waals surface area contributed by atoms with Crippen LogP contribution in [0, 0.1) is 0 Å². The quantitative estimate of drug-likeness (QED) is 0.470. The lowest BCUT2D eigenvalue weighted by Gasteiger charge is -1.83. The molecule has 0 radical (unpaired) electrons. The van der Waals surface area contributed by atoms with Gasteiger partial charge in [0.2, 0.25) is 0 Å². The van der Waals surface area contributed by atoms with Crippen molar-refractivity contribution in [2.24, 2.45) is 4.99 Å². The first-order valence-corrected chi connectivity index (χ1v) is 3.72. The van der Waals surface area contributed by atoms with E-state index in [-0.39, 0.29) is 5.88 Å². The van der Waals surface area contributed by atoms with Crippen LogP contribution in [0.15, 0.2) is 4.99 Å². The molecule has 0 fully saturated rings. The fourth-order valence-electron chi connectivity index (χ4n) is 0.166. The third-order valence-electron chi connectivity index (χ3n) is 0.326. The fourth-order valence-corrected chi connectivity index (χ4v) is 0.497. The zero-order valence-corrected chi connectivity index (χ0v) is 4.90.